The normalized spacial score (nSPS) is 29.1. The highest BCUT2D eigenvalue weighted by molar-refractivity contribution is 5.40. The first-order chi connectivity index (χ1) is 8.74. The first-order valence-corrected chi connectivity index (χ1v) is 7.13. The summed E-state index contributed by atoms with van der Waals surface area (Å²) in [7, 11) is 2.29. The molecule has 1 aromatic rings. The van der Waals surface area contributed by atoms with Crippen molar-refractivity contribution >= 4 is 5.82 Å². The zero-order valence-corrected chi connectivity index (χ0v) is 11.5. The quantitative estimate of drug-likeness (QED) is 0.757. The molecule has 0 aliphatic carbocycles. The van der Waals surface area contributed by atoms with Crippen molar-refractivity contribution in [3.8, 4) is 0 Å². The predicted octanol–water partition coefficient (Wildman–Crippen LogP) is 2.31. The van der Waals surface area contributed by atoms with Crippen molar-refractivity contribution in [3.63, 3.8) is 0 Å². The minimum atomic E-state index is 0.805. The monoisotopic (exact) mass is 245 g/mol. The zero-order chi connectivity index (χ0) is 12.5. The average Bonchev–Trinajstić information content (AvgIpc) is 2.39. The number of aryl methyl sites for hydroxylation is 1. The molecular formula is C15H23N3. The molecule has 0 aromatic carbocycles. The number of fused-ring (bicyclic) bond motifs is 1. The Morgan fingerprint density at radius 3 is 2.94 bits per heavy atom. The van der Waals surface area contributed by atoms with E-state index in [2.05, 4.69) is 47.0 Å². The molecule has 0 amide bonds. The third kappa shape index (κ3) is 2.24. The van der Waals surface area contributed by atoms with Gasteiger partial charge in [0.15, 0.2) is 0 Å². The summed E-state index contributed by atoms with van der Waals surface area (Å²) >= 11 is 0. The van der Waals surface area contributed by atoms with Gasteiger partial charge in [0.05, 0.1) is 0 Å². The topological polar surface area (TPSA) is 19.4 Å². The van der Waals surface area contributed by atoms with Crippen LogP contribution in [0.15, 0.2) is 18.2 Å². The van der Waals surface area contributed by atoms with Crippen LogP contribution < -0.4 is 4.90 Å². The summed E-state index contributed by atoms with van der Waals surface area (Å²) in [4.78, 5) is 9.71. The van der Waals surface area contributed by atoms with E-state index in [4.69, 9.17) is 0 Å². The van der Waals surface area contributed by atoms with Crippen LogP contribution in [0.4, 0.5) is 5.82 Å². The highest BCUT2D eigenvalue weighted by Crippen LogP contribution is 2.31. The lowest BCUT2D eigenvalue weighted by Crippen LogP contribution is -2.52. The number of likely N-dealkylation sites (tertiary alicyclic amines) is 1. The first-order valence-electron chi connectivity index (χ1n) is 7.13. The van der Waals surface area contributed by atoms with Gasteiger partial charge in [0, 0.05) is 24.8 Å². The molecule has 2 unspecified atom stereocenters. The van der Waals surface area contributed by atoms with Gasteiger partial charge in [-0.25, -0.2) is 4.98 Å². The highest BCUT2D eigenvalue weighted by Gasteiger charge is 2.34. The Balaban J connectivity index is 1.74. The fourth-order valence-electron chi connectivity index (χ4n) is 3.57. The second-order valence-electron chi connectivity index (χ2n) is 5.82. The molecule has 0 N–H and O–H groups in total. The lowest BCUT2D eigenvalue weighted by Gasteiger charge is -2.46. The smallest absolute Gasteiger partial charge is 0.128 e. The fourth-order valence-corrected chi connectivity index (χ4v) is 3.57. The Bertz CT molecular complexity index is 418. The molecule has 2 aliphatic heterocycles. The van der Waals surface area contributed by atoms with Crippen molar-refractivity contribution in [2.24, 2.45) is 5.92 Å². The Morgan fingerprint density at radius 1 is 1.22 bits per heavy atom. The van der Waals surface area contributed by atoms with Gasteiger partial charge >= 0.3 is 0 Å². The molecule has 2 saturated heterocycles. The number of anilines is 1. The summed E-state index contributed by atoms with van der Waals surface area (Å²) in [5.41, 5.74) is 1.12. The van der Waals surface area contributed by atoms with Crippen LogP contribution in [0.2, 0.25) is 0 Å². The van der Waals surface area contributed by atoms with E-state index in [9.17, 15) is 0 Å². The summed E-state index contributed by atoms with van der Waals surface area (Å²) in [6.07, 6.45) is 4.03. The molecule has 3 nitrogen and oxygen atoms in total. The Kier molecular flexibility index (Phi) is 3.25. The second kappa shape index (κ2) is 4.88. The fraction of sp³-hybridized carbons (Fsp3) is 0.667. The summed E-state index contributed by atoms with van der Waals surface area (Å²) in [5, 5.41) is 0. The molecule has 1 aromatic heterocycles. The Hall–Kier alpha value is -1.09. The molecule has 2 fully saturated rings. The Labute approximate surface area is 110 Å². The van der Waals surface area contributed by atoms with Crippen LogP contribution in [0.25, 0.3) is 0 Å². The van der Waals surface area contributed by atoms with Crippen molar-refractivity contribution < 1.29 is 0 Å². The van der Waals surface area contributed by atoms with Crippen LogP contribution in [-0.4, -0.2) is 42.6 Å². The second-order valence-corrected chi connectivity index (χ2v) is 5.82. The van der Waals surface area contributed by atoms with Crippen LogP contribution in [0.3, 0.4) is 0 Å². The van der Waals surface area contributed by atoms with Crippen molar-refractivity contribution in [3.05, 3.63) is 23.9 Å². The number of piperidine rings is 2. The molecule has 0 saturated carbocycles. The maximum atomic E-state index is 4.67. The lowest BCUT2D eigenvalue weighted by molar-refractivity contribution is 0.102. The molecular weight excluding hydrogens is 222 g/mol. The van der Waals surface area contributed by atoms with Gasteiger partial charge in [0.2, 0.25) is 0 Å². The summed E-state index contributed by atoms with van der Waals surface area (Å²) < 4.78 is 0. The van der Waals surface area contributed by atoms with Gasteiger partial charge in [0.1, 0.15) is 5.82 Å². The van der Waals surface area contributed by atoms with Gasteiger partial charge in [-0.2, -0.15) is 0 Å². The molecule has 0 bridgehead atoms. The predicted molar refractivity (Wildman–Crippen MR) is 74.9 cm³/mol. The zero-order valence-electron chi connectivity index (χ0n) is 11.5. The minimum Gasteiger partial charge on any atom is -0.356 e. The van der Waals surface area contributed by atoms with Gasteiger partial charge < -0.3 is 9.80 Å². The Morgan fingerprint density at radius 2 is 2.11 bits per heavy atom. The van der Waals surface area contributed by atoms with Crippen LogP contribution in [-0.2, 0) is 0 Å². The molecule has 3 rings (SSSR count). The van der Waals surface area contributed by atoms with E-state index in [0.717, 1.165) is 24.2 Å². The van der Waals surface area contributed by atoms with E-state index in [0.29, 0.717) is 0 Å². The molecule has 0 radical (unpaired) electrons. The summed E-state index contributed by atoms with van der Waals surface area (Å²) in [6.45, 7) is 5.70. The summed E-state index contributed by atoms with van der Waals surface area (Å²) in [5.74, 6) is 2.00. The van der Waals surface area contributed by atoms with Crippen LogP contribution >= 0.6 is 0 Å². The van der Waals surface area contributed by atoms with Crippen LogP contribution in [0.5, 0.6) is 0 Å². The van der Waals surface area contributed by atoms with E-state index in [1.807, 2.05) is 0 Å². The van der Waals surface area contributed by atoms with E-state index < -0.39 is 0 Å². The largest absolute Gasteiger partial charge is 0.356 e. The third-order valence-corrected chi connectivity index (χ3v) is 4.54. The van der Waals surface area contributed by atoms with E-state index in [1.165, 1.54) is 38.2 Å². The van der Waals surface area contributed by atoms with E-state index in [-0.39, 0.29) is 0 Å². The number of hydrogen-bond donors (Lipinski definition) is 0. The molecule has 2 aliphatic rings. The number of hydrogen-bond acceptors (Lipinski definition) is 3. The first kappa shape index (κ1) is 12.0. The van der Waals surface area contributed by atoms with Gasteiger partial charge in [-0.05, 0) is 57.8 Å². The maximum Gasteiger partial charge on any atom is 0.128 e. The van der Waals surface area contributed by atoms with Gasteiger partial charge in [-0.1, -0.05) is 6.07 Å². The standard InChI is InChI=1S/C15H23N3/c1-12-5-3-7-15(16-12)18-10-8-14-13(11-18)6-4-9-17(14)2/h3,5,7,13-14H,4,6,8-11H2,1-2H3. The molecule has 18 heavy (non-hydrogen) atoms. The number of rotatable bonds is 1. The molecule has 2 atom stereocenters. The van der Waals surface area contributed by atoms with Crippen molar-refractivity contribution in [1.29, 1.82) is 0 Å². The minimum absolute atomic E-state index is 0.805. The number of aromatic nitrogens is 1. The molecule has 0 spiro atoms. The molecule has 3 heterocycles. The maximum absolute atomic E-state index is 4.67. The average molecular weight is 245 g/mol. The van der Waals surface area contributed by atoms with Crippen LogP contribution in [0.1, 0.15) is 25.0 Å². The lowest BCUT2D eigenvalue weighted by atomic mass is 9.84. The number of nitrogens with zero attached hydrogens (tertiary/aromatic N) is 3. The van der Waals surface area contributed by atoms with Crippen molar-refractivity contribution in [2.75, 3.05) is 31.6 Å². The van der Waals surface area contributed by atoms with Crippen molar-refractivity contribution in [1.82, 2.24) is 9.88 Å². The van der Waals surface area contributed by atoms with Gasteiger partial charge in [0.25, 0.3) is 0 Å². The molecule has 98 valence electrons. The van der Waals surface area contributed by atoms with E-state index >= 15 is 0 Å². The van der Waals surface area contributed by atoms with Crippen molar-refractivity contribution in [2.45, 2.75) is 32.2 Å². The number of pyridine rings is 1. The van der Waals surface area contributed by atoms with E-state index in [1.54, 1.807) is 0 Å². The van der Waals surface area contributed by atoms with Crippen LogP contribution in [0, 0.1) is 12.8 Å². The molecule has 3 heteroatoms. The SMILES string of the molecule is Cc1cccc(N2CCC3C(CCCN3C)C2)n1. The van der Waals surface area contributed by atoms with Gasteiger partial charge in [-0.3, -0.25) is 0 Å². The third-order valence-electron chi connectivity index (χ3n) is 4.54. The summed E-state index contributed by atoms with van der Waals surface area (Å²) in [6, 6.07) is 7.15. The van der Waals surface area contributed by atoms with Gasteiger partial charge in [-0.15, -0.1) is 0 Å². The highest BCUT2D eigenvalue weighted by atomic mass is 15.2.